The number of hydrogen-bond donors (Lipinski definition) is 0. The average Bonchev–Trinajstić information content (AvgIpc) is 2.84. The van der Waals surface area contributed by atoms with E-state index in [1.54, 1.807) is 0 Å². The third-order valence-corrected chi connectivity index (χ3v) is 5.04. The Morgan fingerprint density at radius 2 is 1.32 bits per heavy atom. The molecule has 0 aliphatic heterocycles. The largest absolute Gasteiger partial charge is 0.304 e. The van der Waals surface area contributed by atoms with E-state index in [2.05, 4.69) is 58.5 Å². The van der Waals surface area contributed by atoms with Crippen molar-refractivity contribution in [2.24, 2.45) is 0 Å². The quantitative estimate of drug-likeness (QED) is 0.158. The van der Waals surface area contributed by atoms with Gasteiger partial charge in [-0.15, -0.1) is 70.9 Å². The van der Waals surface area contributed by atoms with Gasteiger partial charge in [0.1, 0.15) is 0 Å². The van der Waals surface area contributed by atoms with Gasteiger partial charge in [0.25, 0.3) is 0 Å². The van der Waals surface area contributed by atoms with Gasteiger partial charge in [0, 0.05) is 32.5 Å². The molecule has 0 aliphatic carbocycles. The second kappa shape index (κ2) is 9.61. The minimum absolute atomic E-state index is 0. The summed E-state index contributed by atoms with van der Waals surface area (Å²) in [5.74, 6) is 0. The monoisotopic (exact) mass is 575 g/mol. The predicted octanol–water partition coefficient (Wildman–Crippen LogP) is 6.89. The SMILES string of the molecule is [Ir].[c-]1cccc2ccc3cccnc3c12.[c-]1ccccc1-c1nccc2ccccc12. The summed E-state index contributed by atoms with van der Waals surface area (Å²) in [5, 5.41) is 5.85. The molecule has 0 bridgehead atoms. The zero-order chi connectivity index (χ0) is 20.2. The van der Waals surface area contributed by atoms with Gasteiger partial charge in [0.05, 0.1) is 0 Å². The number of hydrogen-bond acceptors (Lipinski definition) is 2. The number of aromatic nitrogens is 2. The molecule has 151 valence electrons. The van der Waals surface area contributed by atoms with E-state index in [-0.39, 0.29) is 20.1 Å². The zero-order valence-corrected chi connectivity index (χ0v) is 19.0. The first-order valence-corrected chi connectivity index (χ1v) is 9.85. The number of fused-ring (bicyclic) bond motifs is 4. The number of nitrogens with zero attached hydrogens (tertiary/aromatic N) is 2. The Morgan fingerprint density at radius 1 is 0.548 bits per heavy atom. The molecule has 0 N–H and O–H groups in total. The molecule has 0 aliphatic rings. The Balaban J connectivity index is 0.000000146. The molecule has 4 aromatic carbocycles. The van der Waals surface area contributed by atoms with E-state index in [4.69, 9.17) is 0 Å². The van der Waals surface area contributed by atoms with Gasteiger partial charge in [-0.05, 0) is 39.5 Å². The molecular formula is C28H18IrN2-2. The van der Waals surface area contributed by atoms with Crippen molar-refractivity contribution < 1.29 is 20.1 Å². The van der Waals surface area contributed by atoms with Crippen LogP contribution in [-0.2, 0) is 20.1 Å². The van der Waals surface area contributed by atoms with Crippen LogP contribution in [0.25, 0.3) is 43.7 Å². The molecule has 0 atom stereocenters. The Hall–Kier alpha value is -3.39. The van der Waals surface area contributed by atoms with Crippen molar-refractivity contribution in [2.75, 3.05) is 0 Å². The Kier molecular flexibility index (Phi) is 6.47. The minimum atomic E-state index is 0. The standard InChI is InChI=1S/C15H10N.C13H8N.Ir/c1-2-7-13(8-3-1)15-14-9-5-4-6-12(14)10-11-16-15;1-2-6-12-10(4-1)7-8-11-5-3-9-14-13(11)12;/h1-7,9-11H;1-5,7-9H;/q2*-1;. The summed E-state index contributed by atoms with van der Waals surface area (Å²) in [6, 6.07) is 38.9. The van der Waals surface area contributed by atoms with Crippen molar-refractivity contribution in [3.8, 4) is 11.3 Å². The molecule has 0 spiro atoms. The van der Waals surface area contributed by atoms with Crippen molar-refractivity contribution in [3.05, 3.63) is 122 Å². The summed E-state index contributed by atoms with van der Waals surface area (Å²) in [6.07, 6.45) is 3.67. The molecule has 31 heavy (non-hydrogen) atoms. The van der Waals surface area contributed by atoms with Crippen LogP contribution >= 0.6 is 0 Å². The van der Waals surface area contributed by atoms with Crippen LogP contribution in [0.5, 0.6) is 0 Å². The van der Waals surface area contributed by atoms with Crippen LogP contribution in [0.3, 0.4) is 0 Å². The zero-order valence-electron chi connectivity index (χ0n) is 16.6. The maximum absolute atomic E-state index is 4.45. The summed E-state index contributed by atoms with van der Waals surface area (Å²) in [4.78, 5) is 8.82. The van der Waals surface area contributed by atoms with E-state index in [1.165, 1.54) is 21.5 Å². The van der Waals surface area contributed by atoms with Crippen molar-refractivity contribution in [1.29, 1.82) is 0 Å². The summed E-state index contributed by atoms with van der Waals surface area (Å²) < 4.78 is 0. The molecule has 2 heterocycles. The van der Waals surface area contributed by atoms with Gasteiger partial charge < -0.3 is 9.97 Å². The Morgan fingerprint density at radius 3 is 2.23 bits per heavy atom. The van der Waals surface area contributed by atoms with Crippen LogP contribution < -0.4 is 0 Å². The molecule has 6 aromatic rings. The molecule has 6 rings (SSSR count). The van der Waals surface area contributed by atoms with Gasteiger partial charge >= 0.3 is 0 Å². The molecule has 0 saturated heterocycles. The fourth-order valence-corrected chi connectivity index (χ4v) is 3.61. The first-order valence-electron chi connectivity index (χ1n) is 9.85. The fourth-order valence-electron chi connectivity index (χ4n) is 3.61. The van der Waals surface area contributed by atoms with Crippen molar-refractivity contribution in [1.82, 2.24) is 9.97 Å². The molecular weight excluding hydrogens is 557 g/mol. The molecule has 1 radical (unpaired) electrons. The molecule has 0 amide bonds. The molecule has 2 aromatic heterocycles. The maximum Gasteiger partial charge on any atom is 0.0167 e. The Bertz CT molecular complexity index is 1390. The van der Waals surface area contributed by atoms with Crippen molar-refractivity contribution in [3.63, 3.8) is 0 Å². The van der Waals surface area contributed by atoms with Crippen LogP contribution in [0.1, 0.15) is 0 Å². The van der Waals surface area contributed by atoms with Crippen molar-refractivity contribution >= 4 is 32.4 Å². The topological polar surface area (TPSA) is 25.8 Å². The van der Waals surface area contributed by atoms with Gasteiger partial charge in [-0.1, -0.05) is 42.5 Å². The first-order chi connectivity index (χ1) is 14.9. The second-order valence-electron chi connectivity index (χ2n) is 6.93. The van der Waals surface area contributed by atoms with Gasteiger partial charge in [-0.25, -0.2) is 0 Å². The molecule has 0 fully saturated rings. The molecule has 3 heteroatoms. The van der Waals surface area contributed by atoms with E-state index in [1.807, 2.05) is 73.1 Å². The van der Waals surface area contributed by atoms with Crippen LogP contribution in [0.15, 0.2) is 109 Å². The number of pyridine rings is 2. The van der Waals surface area contributed by atoms with E-state index >= 15 is 0 Å². The summed E-state index contributed by atoms with van der Waals surface area (Å²) in [7, 11) is 0. The van der Waals surface area contributed by atoms with Gasteiger partial charge in [-0.3, -0.25) is 0 Å². The van der Waals surface area contributed by atoms with Crippen LogP contribution in [0.2, 0.25) is 0 Å². The van der Waals surface area contributed by atoms with Gasteiger partial charge in [-0.2, -0.15) is 0 Å². The number of rotatable bonds is 1. The molecule has 0 saturated carbocycles. The third-order valence-electron chi connectivity index (χ3n) is 5.04. The normalized spacial score (nSPS) is 10.3. The fraction of sp³-hybridized carbons (Fsp3) is 0. The van der Waals surface area contributed by atoms with Crippen LogP contribution in [0, 0.1) is 12.1 Å². The van der Waals surface area contributed by atoms with Crippen molar-refractivity contribution in [2.45, 2.75) is 0 Å². The van der Waals surface area contributed by atoms with E-state index in [0.717, 1.165) is 22.2 Å². The van der Waals surface area contributed by atoms with Gasteiger partial charge in [0.15, 0.2) is 0 Å². The average molecular weight is 575 g/mol. The Labute approximate surface area is 195 Å². The van der Waals surface area contributed by atoms with E-state index < -0.39 is 0 Å². The predicted molar refractivity (Wildman–Crippen MR) is 124 cm³/mol. The second-order valence-corrected chi connectivity index (χ2v) is 6.93. The third kappa shape index (κ3) is 4.39. The minimum Gasteiger partial charge on any atom is -0.304 e. The molecule has 0 unspecified atom stereocenters. The number of benzene rings is 4. The first kappa shape index (κ1) is 20.9. The van der Waals surface area contributed by atoms with E-state index in [9.17, 15) is 0 Å². The summed E-state index contributed by atoms with van der Waals surface area (Å²) >= 11 is 0. The van der Waals surface area contributed by atoms with E-state index in [0.29, 0.717) is 0 Å². The summed E-state index contributed by atoms with van der Waals surface area (Å²) in [6.45, 7) is 0. The molecule has 2 nitrogen and oxygen atoms in total. The van der Waals surface area contributed by atoms with Gasteiger partial charge in [0.2, 0.25) is 0 Å². The van der Waals surface area contributed by atoms with Crippen LogP contribution in [-0.4, -0.2) is 9.97 Å². The smallest absolute Gasteiger partial charge is 0.0167 e. The maximum atomic E-state index is 4.45. The summed E-state index contributed by atoms with van der Waals surface area (Å²) in [5.41, 5.74) is 3.07. The van der Waals surface area contributed by atoms with Crippen LogP contribution in [0.4, 0.5) is 0 Å².